The molecule has 0 aromatic heterocycles. The Morgan fingerprint density at radius 3 is 2.48 bits per heavy atom. The molecule has 3 fully saturated rings. The molecule has 1 N–H and O–H groups in total. The Morgan fingerprint density at radius 2 is 1.91 bits per heavy atom. The Labute approximate surface area is 143 Å². The molecule has 4 heteroatoms. The highest BCUT2D eigenvalue weighted by Gasteiger charge is 2.50. The molecule has 0 amide bonds. The highest BCUT2D eigenvalue weighted by molar-refractivity contribution is 5.00. The zero-order valence-electron chi connectivity index (χ0n) is 16.5. The predicted octanol–water partition coefficient (Wildman–Crippen LogP) is 2.37. The molecule has 23 heavy (non-hydrogen) atoms. The Hall–Kier alpha value is -0.160. The van der Waals surface area contributed by atoms with E-state index >= 15 is 0 Å². The van der Waals surface area contributed by atoms with Crippen LogP contribution in [-0.4, -0.2) is 73.5 Å². The molecule has 0 saturated carbocycles. The number of rotatable bonds is 2. The van der Waals surface area contributed by atoms with Gasteiger partial charge in [0.15, 0.2) is 0 Å². The van der Waals surface area contributed by atoms with Crippen LogP contribution < -0.4 is 5.32 Å². The highest BCUT2D eigenvalue weighted by Crippen LogP contribution is 2.42. The zero-order chi connectivity index (χ0) is 17.0. The molecule has 5 atom stereocenters. The van der Waals surface area contributed by atoms with E-state index in [4.69, 9.17) is 0 Å². The van der Waals surface area contributed by atoms with Gasteiger partial charge < -0.3 is 5.32 Å². The molecule has 3 saturated heterocycles. The largest absolute Gasteiger partial charge is 0.301 e. The molecule has 3 heterocycles. The number of hydrogen-bond donors (Lipinski definition) is 1. The first kappa shape index (κ1) is 17.7. The van der Waals surface area contributed by atoms with Gasteiger partial charge >= 0.3 is 0 Å². The number of hydrogen-bond acceptors (Lipinski definition) is 3. The van der Waals surface area contributed by atoms with Crippen LogP contribution in [0.1, 0.15) is 47.0 Å². The molecule has 0 aromatic rings. The van der Waals surface area contributed by atoms with Gasteiger partial charge in [0.05, 0.1) is 26.3 Å². The lowest BCUT2D eigenvalue weighted by atomic mass is 9.82. The Bertz CT molecular complexity index is 428. The van der Waals surface area contributed by atoms with Gasteiger partial charge in [0.25, 0.3) is 0 Å². The van der Waals surface area contributed by atoms with Crippen molar-refractivity contribution in [3.63, 3.8) is 0 Å². The molecule has 4 nitrogen and oxygen atoms in total. The normalized spacial score (nSPS) is 42.1. The van der Waals surface area contributed by atoms with Crippen LogP contribution in [0.2, 0.25) is 0 Å². The molecule has 0 aromatic carbocycles. The molecule has 0 spiro atoms. The second kappa shape index (κ2) is 5.98. The van der Waals surface area contributed by atoms with E-state index in [1.807, 2.05) is 0 Å². The Morgan fingerprint density at radius 1 is 1.22 bits per heavy atom. The summed E-state index contributed by atoms with van der Waals surface area (Å²) in [5, 5.41) is 6.40. The van der Waals surface area contributed by atoms with E-state index in [1.54, 1.807) is 0 Å². The van der Waals surface area contributed by atoms with Crippen molar-refractivity contribution in [3.8, 4) is 0 Å². The van der Waals surface area contributed by atoms with Gasteiger partial charge in [0, 0.05) is 25.6 Å². The maximum atomic E-state index is 3.86. The van der Waals surface area contributed by atoms with Crippen molar-refractivity contribution in [3.05, 3.63) is 0 Å². The number of piperidine rings is 1. The molecule has 0 aliphatic carbocycles. The van der Waals surface area contributed by atoms with Crippen molar-refractivity contribution in [1.82, 2.24) is 15.2 Å². The number of quaternary nitrogens is 1. The maximum absolute atomic E-state index is 3.86. The van der Waals surface area contributed by atoms with Gasteiger partial charge in [-0.2, -0.15) is 5.01 Å². The molecule has 3 aliphatic heterocycles. The summed E-state index contributed by atoms with van der Waals surface area (Å²) in [7, 11) is 6.99. The van der Waals surface area contributed by atoms with Crippen molar-refractivity contribution < 1.29 is 4.59 Å². The molecular weight excluding hydrogens is 284 g/mol. The summed E-state index contributed by atoms with van der Waals surface area (Å²) in [6.45, 7) is 13.5. The smallest absolute Gasteiger partial charge is 0.102 e. The number of fused-ring (bicyclic) bond motifs is 1. The minimum absolute atomic E-state index is 0.372. The topological polar surface area (TPSA) is 18.5 Å². The van der Waals surface area contributed by atoms with Gasteiger partial charge in [0.1, 0.15) is 6.54 Å². The summed E-state index contributed by atoms with van der Waals surface area (Å²) in [6.07, 6.45) is 4.79. The molecule has 3 rings (SSSR count). The summed E-state index contributed by atoms with van der Waals surface area (Å²) < 4.78 is 1.03. The van der Waals surface area contributed by atoms with Crippen molar-refractivity contribution in [1.29, 1.82) is 0 Å². The van der Waals surface area contributed by atoms with Gasteiger partial charge in [-0.1, -0.05) is 20.8 Å². The molecule has 5 unspecified atom stereocenters. The second-order valence-corrected chi connectivity index (χ2v) is 9.99. The van der Waals surface area contributed by atoms with Gasteiger partial charge in [0.2, 0.25) is 0 Å². The van der Waals surface area contributed by atoms with Gasteiger partial charge in [-0.15, -0.1) is 0 Å². The van der Waals surface area contributed by atoms with Gasteiger partial charge in [-0.05, 0) is 44.1 Å². The third-order valence-electron chi connectivity index (χ3n) is 7.09. The molecular formula is C19H39N4+. The van der Waals surface area contributed by atoms with Crippen molar-refractivity contribution >= 4 is 0 Å². The fourth-order valence-electron chi connectivity index (χ4n) is 5.42. The quantitative estimate of drug-likeness (QED) is 0.787. The first-order chi connectivity index (χ1) is 10.6. The average Bonchev–Trinajstić information content (AvgIpc) is 2.91. The van der Waals surface area contributed by atoms with E-state index in [0.717, 1.165) is 22.5 Å². The zero-order valence-corrected chi connectivity index (χ0v) is 16.5. The molecule has 0 bridgehead atoms. The van der Waals surface area contributed by atoms with Crippen LogP contribution >= 0.6 is 0 Å². The summed E-state index contributed by atoms with van der Waals surface area (Å²) >= 11 is 0. The van der Waals surface area contributed by atoms with E-state index in [9.17, 15) is 0 Å². The molecule has 0 radical (unpaired) electrons. The number of nitrogens with one attached hydrogen (secondary N) is 1. The van der Waals surface area contributed by atoms with Crippen LogP contribution in [0.15, 0.2) is 0 Å². The fraction of sp³-hybridized carbons (Fsp3) is 1.00. The first-order valence-corrected chi connectivity index (χ1v) is 9.66. The van der Waals surface area contributed by atoms with Gasteiger partial charge in [-0.3, -0.25) is 4.90 Å². The summed E-state index contributed by atoms with van der Waals surface area (Å²) in [5.74, 6) is 1.63. The van der Waals surface area contributed by atoms with Crippen LogP contribution in [-0.2, 0) is 0 Å². The summed E-state index contributed by atoms with van der Waals surface area (Å²) in [6, 6.07) is 1.38. The van der Waals surface area contributed by atoms with E-state index in [0.29, 0.717) is 17.6 Å². The summed E-state index contributed by atoms with van der Waals surface area (Å²) in [5.41, 5.74) is 0.372. The van der Waals surface area contributed by atoms with Crippen molar-refractivity contribution in [2.75, 3.05) is 40.8 Å². The van der Waals surface area contributed by atoms with Crippen LogP contribution in [0.5, 0.6) is 0 Å². The van der Waals surface area contributed by atoms with Crippen LogP contribution in [0.4, 0.5) is 0 Å². The average molecular weight is 324 g/mol. The van der Waals surface area contributed by atoms with E-state index in [2.05, 4.69) is 64.1 Å². The SMILES string of the molecule is CC1C(CN2C3NCCCC3CC2C(C)(C)C)C[N+](C)(C)N1C. The predicted molar refractivity (Wildman–Crippen MR) is 96.8 cm³/mol. The first-order valence-electron chi connectivity index (χ1n) is 9.66. The number of likely N-dealkylation sites (tertiary alicyclic amines) is 1. The minimum Gasteiger partial charge on any atom is -0.301 e. The van der Waals surface area contributed by atoms with Crippen molar-refractivity contribution in [2.45, 2.75) is 65.2 Å². The highest BCUT2D eigenvalue weighted by atomic mass is 15.8. The standard InChI is InChI=1S/C19H39N4/c1-14-16(13-23(6,7)21(14)5)12-22-17(19(2,3)4)11-15-9-8-10-20-18(15)22/h14-18,20H,8-13H2,1-7H3/q+1. The van der Waals surface area contributed by atoms with E-state index in [1.165, 1.54) is 38.9 Å². The molecule has 134 valence electrons. The minimum atomic E-state index is 0.372. The van der Waals surface area contributed by atoms with Gasteiger partial charge in [-0.25, -0.2) is 4.59 Å². The lowest BCUT2D eigenvalue weighted by Gasteiger charge is -2.40. The molecule has 3 aliphatic rings. The van der Waals surface area contributed by atoms with Crippen LogP contribution in [0, 0.1) is 17.3 Å². The summed E-state index contributed by atoms with van der Waals surface area (Å²) in [4.78, 5) is 2.87. The number of nitrogens with zero attached hydrogens (tertiary/aromatic N) is 3. The Kier molecular flexibility index (Phi) is 4.59. The second-order valence-electron chi connectivity index (χ2n) is 9.99. The maximum Gasteiger partial charge on any atom is 0.102 e. The monoisotopic (exact) mass is 323 g/mol. The van der Waals surface area contributed by atoms with Crippen LogP contribution in [0.3, 0.4) is 0 Å². The Balaban J connectivity index is 1.78. The van der Waals surface area contributed by atoms with Crippen molar-refractivity contribution in [2.24, 2.45) is 17.3 Å². The lowest BCUT2D eigenvalue weighted by molar-refractivity contribution is -0.989. The van der Waals surface area contributed by atoms with Crippen LogP contribution in [0.25, 0.3) is 0 Å². The van der Waals surface area contributed by atoms with E-state index < -0.39 is 0 Å². The van der Waals surface area contributed by atoms with E-state index in [-0.39, 0.29) is 0 Å². The lowest BCUT2D eigenvalue weighted by Crippen LogP contribution is -2.54. The third kappa shape index (κ3) is 3.20. The third-order valence-corrected chi connectivity index (χ3v) is 7.09. The fourth-order valence-corrected chi connectivity index (χ4v) is 5.42.